The molecule has 1 aromatic rings. The Morgan fingerprint density at radius 2 is 2.00 bits per heavy atom. The number of rotatable bonds is 3. The molecule has 0 bridgehead atoms. The van der Waals surface area contributed by atoms with Crippen LogP contribution in [0, 0.1) is 5.82 Å². The summed E-state index contributed by atoms with van der Waals surface area (Å²) in [5.74, 6) is -1.45. The molecule has 0 N–H and O–H groups in total. The van der Waals surface area contributed by atoms with Gasteiger partial charge in [-0.1, -0.05) is 11.6 Å². The van der Waals surface area contributed by atoms with Crippen LogP contribution >= 0.6 is 22.3 Å². The second kappa shape index (κ2) is 4.92. The minimum Gasteiger partial charge on any atom is -0.339 e. The lowest BCUT2D eigenvalue weighted by Gasteiger charge is -2.17. The van der Waals surface area contributed by atoms with E-state index in [0.717, 1.165) is 25.0 Å². The number of hydrogen-bond acceptors (Lipinski definition) is 3. The molecule has 0 aromatic heterocycles. The van der Waals surface area contributed by atoms with E-state index in [1.54, 1.807) is 7.05 Å². The molecule has 104 valence electrons. The molecule has 4 nitrogen and oxygen atoms in total. The molecule has 0 radical (unpaired) electrons. The van der Waals surface area contributed by atoms with Gasteiger partial charge in [0, 0.05) is 23.8 Å². The SMILES string of the molecule is CN(C(=O)c1cc(S(=O)(=O)Cl)c(Cl)cc1F)C1CC1. The first-order valence-electron chi connectivity index (χ1n) is 5.42. The number of halogens is 3. The highest BCUT2D eigenvalue weighted by atomic mass is 35.7. The van der Waals surface area contributed by atoms with E-state index in [9.17, 15) is 17.6 Å². The van der Waals surface area contributed by atoms with E-state index in [-0.39, 0.29) is 16.6 Å². The van der Waals surface area contributed by atoms with E-state index in [2.05, 4.69) is 0 Å². The Labute approximate surface area is 119 Å². The Balaban J connectivity index is 2.48. The molecule has 0 spiro atoms. The van der Waals surface area contributed by atoms with Crippen LogP contribution in [0.2, 0.25) is 5.02 Å². The maximum Gasteiger partial charge on any atom is 0.262 e. The molecule has 0 aliphatic heterocycles. The highest BCUT2D eigenvalue weighted by molar-refractivity contribution is 8.13. The number of nitrogens with zero attached hydrogens (tertiary/aromatic N) is 1. The molecular formula is C11H10Cl2FNO3S. The topological polar surface area (TPSA) is 54.5 Å². The van der Waals surface area contributed by atoms with E-state index < -0.39 is 25.7 Å². The summed E-state index contributed by atoms with van der Waals surface area (Å²) in [5, 5.41) is -0.349. The molecule has 1 aromatic carbocycles. The molecule has 8 heteroatoms. The highest BCUT2D eigenvalue weighted by Gasteiger charge is 2.32. The van der Waals surface area contributed by atoms with Crippen LogP contribution in [0.1, 0.15) is 23.2 Å². The Hall–Kier alpha value is -0.850. The first-order chi connectivity index (χ1) is 8.71. The average Bonchev–Trinajstić information content (AvgIpc) is 3.09. The van der Waals surface area contributed by atoms with Gasteiger partial charge in [-0.25, -0.2) is 12.8 Å². The summed E-state index contributed by atoms with van der Waals surface area (Å²) < 4.78 is 36.3. The number of carbonyl (C=O) groups is 1. The molecule has 2 rings (SSSR count). The third kappa shape index (κ3) is 3.01. The lowest BCUT2D eigenvalue weighted by Crippen LogP contribution is -2.29. The second-order valence-electron chi connectivity index (χ2n) is 4.35. The Morgan fingerprint density at radius 1 is 1.42 bits per heavy atom. The van der Waals surface area contributed by atoms with Crippen molar-refractivity contribution < 1.29 is 17.6 Å². The van der Waals surface area contributed by atoms with E-state index in [0.29, 0.717) is 0 Å². The molecule has 19 heavy (non-hydrogen) atoms. The van der Waals surface area contributed by atoms with Crippen molar-refractivity contribution in [3.8, 4) is 0 Å². The molecule has 0 atom stereocenters. The van der Waals surface area contributed by atoms with E-state index >= 15 is 0 Å². The summed E-state index contributed by atoms with van der Waals surface area (Å²) in [6.45, 7) is 0. The second-order valence-corrected chi connectivity index (χ2v) is 7.29. The third-order valence-electron chi connectivity index (χ3n) is 2.93. The number of hydrogen-bond donors (Lipinski definition) is 0. The van der Waals surface area contributed by atoms with Crippen LogP contribution in [0.3, 0.4) is 0 Å². The van der Waals surface area contributed by atoms with Crippen LogP contribution in [0.15, 0.2) is 17.0 Å². The normalized spacial score (nSPS) is 15.4. The quantitative estimate of drug-likeness (QED) is 0.803. The van der Waals surface area contributed by atoms with Crippen molar-refractivity contribution in [3.05, 3.63) is 28.5 Å². The van der Waals surface area contributed by atoms with Gasteiger partial charge in [-0.15, -0.1) is 0 Å². The van der Waals surface area contributed by atoms with Gasteiger partial charge >= 0.3 is 0 Å². The largest absolute Gasteiger partial charge is 0.339 e. The zero-order chi connectivity index (χ0) is 14.4. The maximum absolute atomic E-state index is 13.7. The minimum absolute atomic E-state index is 0.0821. The fourth-order valence-corrected chi connectivity index (χ4v) is 3.20. The zero-order valence-corrected chi connectivity index (χ0v) is 12.2. The fraction of sp³-hybridized carbons (Fsp3) is 0.364. The summed E-state index contributed by atoms with van der Waals surface area (Å²) in [4.78, 5) is 13.0. The summed E-state index contributed by atoms with van der Waals surface area (Å²) in [6, 6.07) is 1.74. The van der Waals surface area contributed by atoms with Gasteiger partial charge in [0.25, 0.3) is 15.0 Å². The van der Waals surface area contributed by atoms with Crippen LogP contribution in [-0.4, -0.2) is 32.3 Å². The number of amides is 1. The molecule has 1 aliphatic rings. The third-order valence-corrected chi connectivity index (χ3v) is 4.72. The van der Waals surface area contributed by atoms with Crippen molar-refractivity contribution in [3.63, 3.8) is 0 Å². The predicted molar refractivity (Wildman–Crippen MR) is 69.6 cm³/mol. The first kappa shape index (κ1) is 14.6. The summed E-state index contributed by atoms with van der Waals surface area (Å²) in [5.41, 5.74) is -0.349. The van der Waals surface area contributed by atoms with E-state index in [1.165, 1.54) is 4.90 Å². The standard InChI is InChI=1S/C11H10Cl2FNO3S/c1-15(6-2-3-6)11(16)7-4-10(19(13,17)18)8(12)5-9(7)14/h4-6H,2-3H2,1H3. The molecule has 0 heterocycles. The van der Waals surface area contributed by atoms with Crippen LogP contribution < -0.4 is 0 Å². The van der Waals surface area contributed by atoms with Crippen molar-refractivity contribution in [2.45, 2.75) is 23.8 Å². The first-order valence-corrected chi connectivity index (χ1v) is 8.11. The van der Waals surface area contributed by atoms with Gasteiger partial charge in [0.15, 0.2) is 0 Å². The number of carbonyl (C=O) groups excluding carboxylic acids is 1. The molecule has 1 aliphatic carbocycles. The lowest BCUT2D eigenvalue weighted by atomic mass is 10.2. The van der Waals surface area contributed by atoms with Crippen LogP contribution in [0.25, 0.3) is 0 Å². The van der Waals surface area contributed by atoms with Gasteiger partial charge in [0.05, 0.1) is 10.6 Å². The molecule has 1 amide bonds. The van der Waals surface area contributed by atoms with Crippen molar-refractivity contribution in [1.82, 2.24) is 4.90 Å². The highest BCUT2D eigenvalue weighted by Crippen LogP contribution is 2.31. The molecule has 0 saturated heterocycles. The van der Waals surface area contributed by atoms with Crippen LogP contribution in [0.5, 0.6) is 0 Å². The van der Waals surface area contributed by atoms with Crippen molar-refractivity contribution >= 4 is 37.2 Å². The molecule has 1 fully saturated rings. The lowest BCUT2D eigenvalue weighted by molar-refractivity contribution is 0.0780. The molecule has 1 saturated carbocycles. The Morgan fingerprint density at radius 3 is 2.47 bits per heavy atom. The molecular weight excluding hydrogens is 316 g/mol. The van der Waals surface area contributed by atoms with Crippen molar-refractivity contribution in [2.75, 3.05) is 7.05 Å². The average molecular weight is 326 g/mol. The maximum atomic E-state index is 13.7. The van der Waals surface area contributed by atoms with Gasteiger partial charge < -0.3 is 4.90 Å². The van der Waals surface area contributed by atoms with Crippen molar-refractivity contribution in [1.29, 1.82) is 0 Å². The van der Waals surface area contributed by atoms with Gasteiger partial charge in [-0.05, 0) is 25.0 Å². The van der Waals surface area contributed by atoms with Crippen LogP contribution in [0.4, 0.5) is 4.39 Å². The monoisotopic (exact) mass is 325 g/mol. The molecule has 0 unspecified atom stereocenters. The summed E-state index contributed by atoms with van der Waals surface area (Å²) in [7, 11) is 2.60. The van der Waals surface area contributed by atoms with Crippen molar-refractivity contribution in [2.24, 2.45) is 0 Å². The summed E-state index contributed by atoms with van der Waals surface area (Å²) in [6.07, 6.45) is 1.72. The Kier molecular flexibility index (Phi) is 3.77. The smallest absolute Gasteiger partial charge is 0.262 e. The predicted octanol–water partition coefficient (Wildman–Crippen LogP) is 2.64. The van der Waals surface area contributed by atoms with E-state index in [1.807, 2.05) is 0 Å². The van der Waals surface area contributed by atoms with E-state index in [4.69, 9.17) is 22.3 Å². The zero-order valence-electron chi connectivity index (χ0n) is 9.86. The fourth-order valence-electron chi connectivity index (χ4n) is 1.70. The number of benzene rings is 1. The minimum atomic E-state index is -4.13. The van der Waals surface area contributed by atoms with Gasteiger partial charge in [-0.3, -0.25) is 4.79 Å². The van der Waals surface area contributed by atoms with Gasteiger partial charge in [0.2, 0.25) is 0 Å². The van der Waals surface area contributed by atoms with Gasteiger partial charge in [0.1, 0.15) is 10.7 Å². The summed E-state index contributed by atoms with van der Waals surface area (Å²) >= 11 is 5.62. The van der Waals surface area contributed by atoms with Crippen LogP contribution in [-0.2, 0) is 9.05 Å². The van der Waals surface area contributed by atoms with Gasteiger partial charge in [-0.2, -0.15) is 0 Å². The Bertz CT molecular complexity index is 644.